The maximum Gasteiger partial charge on any atom is 0.229 e. The van der Waals surface area contributed by atoms with Crippen molar-refractivity contribution in [3.05, 3.63) is 30.1 Å². The lowest BCUT2D eigenvalue weighted by atomic mass is 9.62. The first-order valence-electron chi connectivity index (χ1n) is 6.92. The van der Waals surface area contributed by atoms with Crippen molar-refractivity contribution < 1.29 is 4.79 Å². The van der Waals surface area contributed by atoms with Gasteiger partial charge in [0.2, 0.25) is 5.91 Å². The van der Waals surface area contributed by atoms with E-state index in [0.717, 1.165) is 25.8 Å². The lowest BCUT2D eigenvalue weighted by Crippen LogP contribution is -2.54. The van der Waals surface area contributed by atoms with E-state index < -0.39 is 0 Å². The maximum absolute atomic E-state index is 12.5. The molecule has 2 rings (SSSR count). The van der Waals surface area contributed by atoms with Crippen LogP contribution in [0.4, 0.5) is 0 Å². The van der Waals surface area contributed by atoms with Crippen LogP contribution in [-0.4, -0.2) is 35.9 Å². The minimum atomic E-state index is -0.285. The predicted molar refractivity (Wildman–Crippen MR) is 75.5 cm³/mol. The van der Waals surface area contributed by atoms with Gasteiger partial charge in [0.1, 0.15) is 0 Å². The molecule has 1 aliphatic carbocycles. The molecule has 1 heterocycles. The van der Waals surface area contributed by atoms with Crippen LogP contribution in [0.2, 0.25) is 0 Å². The van der Waals surface area contributed by atoms with E-state index >= 15 is 0 Å². The van der Waals surface area contributed by atoms with Crippen molar-refractivity contribution in [1.29, 1.82) is 0 Å². The average Bonchev–Trinajstić information content (AvgIpc) is 2.41. The second-order valence-corrected chi connectivity index (χ2v) is 5.83. The zero-order valence-electron chi connectivity index (χ0n) is 11.8. The highest BCUT2D eigenvalue weighted by molar-refractivity contribution is 5.83. The molecule has 0 bridgehead atoms. The van der Waals surface area contributed by atoms with Gasteiger partial charge in [-0.1, -0.05) is 6.92 Å². The van der Waals surface area contributed by atoms with E-state index in [0.29, 0.717) is 12.5 Å². The van der Waals surface area contributed by atoms with Crippen LogP contribution in [0.25, 0.3) is 0 Å². The summed E-state index contributed by atoms with van der Waals surface area (Å²) in [6.07, 6.45) is 6.29. The number of pyridine rings is 1. The Morgan fingerprint density at radius 3 is 2.63 bits per heavy atom. The number of nitrogens with two attached hydrogens (primary N) is 1. The van der Waals surface area contributed by atoms with Gasteiger partial charge in [-0.25, -0.2) is 0 Å². The van der Waals surface area contributed by atoms with Crippen LogP contribution in [0, 0.1) is 11.3 Å². The fraction of sp³-hybridized carbons (Fsp3) is 0.600. The van der Waals surface area contributed by atoms with E-state index in [2.05, 4.69) is 11.9 Å². The topological polar surface area (TPSA) is 59.2 Å². The Hall–Kier alpha value is -1.42. The molecule has 0 unspecified atom stereocenters. The summed E-state index contributed by atoms with van der Waals surface area (Å²) in [5.41, 5.74) is 6.74. The highest BCUT2D eigenvalue weighted by Gasteiger charge is 2.48. The summed E-state index contributed by atoms with van der Waals surface area (Å²) in [7, 11) is 1.88. The minimum absolute atomic E-state index is 0.210. The van der Waals surface area contributed by atoms with Crippen molar-refractivity contribution in [3.63, 3.8) is 0 Å². The van der Waals surface area contributed by atoms with Crippen molar-refractivity contribution in [2.75, 3.05) is 20.1 Å². The Labute approximate surface area is 115 Å². The molecule has 1 aliphatic rings. The average molecular weight is 261 g/mol. The first kappa shape index (κ1) is 14.0. The van der Waals surface area contributed by atoms with Gasteiger partial charge in [-0.05, 0) is 42.9 Å². The van der Waals surface area contributed by atoms with Crippen LogP contribution in [0.1, 0.15) is 25.3 Å². The molecule has 0 spiro atoms. The number of hydrogen-bond donors (Lipinski definition) is 1. The third-order valence-corrected chi connectivity index (χ3v) is 4.15. The van der Waals surface area contributed by atoms with Gasteiger partial charge < -0.3 is 10.6 Å². The molecular formula is C15H23N3O. The Bertz CT molecular complexity index is 426. The van der Waals surface area contributed by atoms with Crippen molar-refractivity contribution in [3.8, 4) is 0 Å². The van der Waals surface area contributed by atoms with Crippen molar-refractivity contribution >= 4 is 5.91 Å². The monoisotopic (exact) mass is 261 g/mol. The molecule has 1 fully saturated rings. The Kier molecular flexibility index (Phi) is 4.20. The third-order valence-electron chi connectivity index (χ3n) is 4.15. The number of carbonyl (C=O) groups is 1. The number of carbonyl (C=O) groups excluding carboxylic acids is 1. The van der Waals surface area contributed by atoms with Crippen LogP contribution in [0.3, 0.4) is 0 Å². The van der Waals surface area contributed by atoms with Gasteiger partial charge in [-0.3, -0.25) is 9.78 Å². The number of amides is 1. The molecule has 1 amide bonds. The Morgan fingerprint density at radius 2 is 2.11 bits per heavy atom. The fourth-order valence-electron chi connectivity index (χ4n) is 3.06. The number of aromatic nitrogens is 1. The summed E-state index contributed by atoms with van der Waals surface area (Å²) in [6, 6.07) is 3.98. The maximum atomic E-state index is 12.5. The molecule has 1 saturated carbocycles. The first-order valence-corrected chi connectivity index (χ1v) is 6.92. The third kappa shape index (κ3) is 2.95. The standard InChI is InChI=1S/C15H23N3O/c1-12-9-15(10-12,11-16)14(19)18(2)8-5-13-3-6-17-7-4-13/h3-4,6-7,12H,5,8-11,16H2,1-2H3. The second-order valence-electron chi connectivity index (χ2n) is 5.83. The minimum Gasteiger partial charge on any atom is -0.345 e. The lowest BCUT2D eigenvalue weighted by Gasteiger charge is -2.46. The second kappa shape index (κ2) is 5.70. The number of likely N-dealkylation sites (N-methyl/N-ethyl adjacent to an activating group) is 1. The normalized spacial score (nSPS) is 25.7. The van der Waals surface area contributed by atoms with Crippen molar-refractivity contribution in [2.45, 2.75) is 26.2 Å². The van der Waals surface area contributed by atoms with Gasteiger partial charge in [0, 0.05) is 32.5 Å². The quantitative estimate of drug-likeness (QED) is 0.873. The van der Waals surface area contributed by atoms with E-state index in [9.17, 15) is 4.79 Å². The molecule has 4 heteroatoms. The smallest absolute Gasteiger partial charge is 0.229 e. The Morgan fingerprint density at radius 1 is 1.47 bits per heavy atom. The first-order chi connectivity index (χ1) is 9.07. The van der Waals surface area contributed by atoms with Crippen LogP contribution < -0.4 is 5.73 Å². The predicted octanol–water partition coefficient (Wildman–Crippen LogP) is 1.46. The zero-order valence-corrected chi connectivity index (χ0v) is 11.8. The molecule has 0 aliphatic heterocycles. The summed E-state index contributed by atoms with van der Waals surface area (Å²) in [6.45, 7) is 3.38. The van der Waals surface area contributed by atoms with Gasteiger partial charge in [0.05, 0.1) is 5.41 Å². The van der Waals surface area contributed by atoms with E-state index in [1.807, 2.05) is 24.1 Å². The van der Waals surface area contributed by atoms with Gasteiger partial charge in [0.25, 0.3) is 0 Å². The Balaban J connectivity index is 1.89. The van der Waals surface area contributed by atoms with Gasteiger partial charge >= 0.3 is 0 Å². The highest BCUT2D eigenvalue weighted by Crippen LogP contribution is 2.45. The molecule has 4 nitrogen and oxygen atoms in total. The van der Waals surface area contributed by atoms with Crippen LogP contribution >= 0.6 is 0 Å². The molecule has 0 radical (unpaired) electrons. The number of hydrogen-bond acceptors (Lipinski definition) is 3. The fourth-order valence-corrected chi connectivity index (χ4v) is 3.06. The van der Waals surface area contributed by atoms with Crippen LogP contribution in [-0.2, 0) is 11.2 Å². The van der Waals surface area contributed by atoms with Gasteiger partial charge in [-0.2, -0.15) is 0 Å². The summed E-state index contributed by atoms with van der Waals surface area (Å²) in [5.74, 6) is 0.836. The molecule has 0 saturated heterocycles. The summed E-state index contributed by atoms with van der Waals surface area (Å²) < 4.78 is 0. The number of rotatable bonds is 5. The SMILES string of the molecule is CC1CC(CN)(C(=O)N(C)CCc2ccncc2)C1. The number of nitrogens with zero attached hydrogens (tertiary/aromatic N) is 2. The van der Waals surface area contributed by atoms with E-state index in [-0.39, 0.29) is 11.3 Å². The molecule has 1 aromatic heterocycles. The largest absolute Gasteiger partial charge is 0.345 e. The summed E-state index contributed by atoms with van der Waals surface area (Å²) in [5, 5.41) is 0. The van der Waals surface area contributed by atoms with Crippen molar-refractivity contribution in [2.24, 2.45) is 17.1 Å². The van der Waals surface area contributed by atoms with E-state index in [1.165, 1.54) is 5.56 Å². The molecule has 104 valence electrons. The van der Waals surface area contributed by atoms with Gasteiger partial charge in [-0.15, -0.1) is 0 Å². The van der Waals surface area contributed by atoms with E-state index in [1.54, 1.807) is 12.4 Å². The molecule has 0 aromatic carbocycles. The molecule has 19 heavy (non-hydrogen) atoms. The van der Waals surface area contributed by atoms with Crippen LogP contribution in [0.15, 0.2) is 24.5 Å². The van der Waals surface area contributed by atoms with Gasteiger partial charge in [0.15, 0.2) is 0 Å². The van der Waals surface area contributed by atoms with E-state index in [4.69, 9.17) is 5.73 Å². The zero-order chi connectivity index (χ0) is 13.9. The molecule has 0 atom stereocenters. The van der Waals surface area contributed by atoms with Crippen LogP contribution in [0.5, 0.6) is 0 Å². The van der Waals surface area contributed by atoms with Crippen molar-refractivity contribution in [1.82, 2.24) is 9.88 Å². The molecule has 1 aromatic rings. The summed E-state index contributed by atoms with van der Waals surface area (Å²) in [4.78, 5) is 18.3. The molecule has 2 N–H and O–H groups in total. The summed E-state index contributed by atoms with van der Waals surface area (Å²) >= 11 is 0. The molecular weight excluding hydrogens is 238 g/mol. The lowest BCUT2D eigenvalue weighted by molar-refractivity contribution is -0.148. The highest BCUT2D eigenvalue weighted by atomic mass is 16.2.